The van der Waals surface area contributed by atoms with Gasteiger partial charge >= 0.3 is 5.97 Å². The third-order valence-corrected chi connectivity index (χ3v) is 4.12. The molecule has 0 saturated heterocycles. The van der Waals surface area contributed by atoms with Gasteiger partial charge in [0.05, 0.1) is 5.92 Å². The molecule has 118 valence electrons. The van der Waals surface area contributed by atoms with Crippen molar-refractivity contribution in [1.29, 1.82) is 0 Å². The van der Waals surface area contributed by atoms with Crippen LogP contribution >= 0.6 is 0 Å². The number of fused-ring (bicyclic) bond motifs is 2. The number of hydrogen-bond acceptors (Lipinski definition) is 6. The Kier molecular flexibility index (Phi) is 5.76. The zero-order valence-electron chi connectivity index (χ0n) is 12.3. The minimum Gasteiger partial charge on any atom is -0.463 e. The van der Waals surface area contributed by atoms with Crippen molar-refractivity contribution in [2.24, 2.45) is 17.8 Å². The van der Waals surface area contributed by atoms with E-state index >= 15 is 0 Å². The minimum absolute atomic E-state index is 0.122. The molecule has 2 aliphatic rings. The summed E-state index contributed by atoms with van der Waals surface area (Å²) in [5.74, 6) is -0.0660. The molecule has 0 heterocycles. The van der Waals surface area contributed by atoms with Crippen LogP contribution in [-0.2, 0) is 28.8 Å². The number of carbonyl (C=O) groups is 2. The van der Waals surface area contributed by atoms with E-state index in [0.29, 0.717) is 19.0 Å². The maximum atomic E-state index is 12.1. The summed E-state index contributed by atoms with van der Waals surface area (Å²) in [6.07, 6.45) is 2.64. The van der Waals surface area contributed by atoms with Gasteiger partial charge in [-0.1, -0.05) is 12.2 Å². The van der Waals surface area contributed by atoms with E-state index in [9.17, 15) is 9.59 Å². The van der Waals surface area contributed by atoms with Crippen LogP contribution in [0.4, 0.5) is 0 Å². The molecule has 4 unspecified atom stereocenters. The molecule has 0 N–H and O–H groups in total. The van der Waals surface area contributed by atoms with Gasteiger partial charge in [0.1, 0.15) is 25.9 Å². The Bertz CT molecular complexity index is 394. The molecule has 0 aromatic heterocycles. The molecule has 0 aromatic rings. The molecular weight excluding hydrogens is 276 g/mol. The highest BCUT2D eigenvalue weighted by Gasteiger charge is 2.53. The van der Waals surface area contributed by atoms with Crippen molar-refractivity contribution in [3.8, 4) is 0 Å². The van der Waals surface area contributed by atoms with E-state index in [2.05, 4.69) is 6.58 Å². The average molecular weight is 298 g/mol. The highest BCUT2D eigenvalue weighted by Crippen LogP contribution is 2.50. The Morgan fingerprint density at radius 2 is 2.00 bits per heavy atom. The van der Waals surface area contributed by atoms with E-state index < -0.39 is 0 Å². The number of carbonyl (C=O) groups excluding carboxylic acids is 2. The van der Waals surface area contributed by atoms with Crippen molar-refractivity contribution in [3.05, 3.63) is 12.2 Å². The number of esters is 1. The van der Waals surface area contributed by atoms with Crippen LogP contribution in [0.25, 0.3) is 0 Å². The van der Waals surface area contributed by atoms with Crippen LogP contribution in [0.3, 0.4) is 0 Å². The minimum atomic E-state index is -0.328. The summed E-state index contributed by atoms with van der Waals surface area (Å²) in [6.45, 7) is 6.53. The maximum absolute atomic E-state index is 12.1. The summed E-state index contributed by atoms with van der Waals surface area (Å²) in [6, 6.07) is 0. The van der Waals surface area contributed by atoms with E-state index in [0.717, 1.165) is 24.8 Å². The second kappa shape index (κ2) is 7.56. The fourth-order valence-corrected chi connectivity index (χ4v) is 3.30. The molecule has 0 spiro atoms. The Balaban J connectivity index is 1.70. The maximum Gasteiger partial charge on any atom is 0.313 e. The molecule has 4 atom stereocenters. The third-order valence-electron chi connectivity index (χ3n) is 4.12. The van der Waals surface area contributed by atoms with Crippen molar-refractivity contribution >= 4 is 12.4 Å². The Hall–Kier alpha value is -1.40. The lowest BCUT2D eigenvalue weighted by atomic mass is 9.86. The van der Waals surface area contributed by atoms with Crippen LogP contribution < -0.4 is 0 Å². The summed E-state index contributed by atoms with van der Waals surface area (Å²) in [7, 11) is 0. The Morgan fingerprint density at radius 3 is 2.71 bits per heavy atom. The summed E-state index contributed by atoms with van der Waals surface area (Å²) < 4.78 is 10.3. The second-order valence-electron chi connectivity index (χ2n) is 5.76. The van der Waals surface area contributed by atoms with Gasteiger partial charge in [0.25, 0.3) is 6.47 Å². The number of hydrogen-bond donors (Lipinski definition) is 0. The van der Waals surface area contributed by atoms with Crippen LogP contribution in [0.2, 0.25) is 0 Å². The van der Waals surface area contributed by atoms with Gasteiger partial charge in [-0.25, -0.2) is 9.78 Å². The molecule has 2 rings (SSSR count). The quantitative estimate of drug-likeness (QED) is 0.161. The largest absolute Gasteiger partial charge is 0.463 e. The van der Waals surface area contributed by atoms with Crippen LogP contribution in [0, 0.1) is 17.8 Å². The van der Waals surface area contributed by atoms with Gasteiger partial charge in [-0.3, -0.25) is 9.59 Å². The highest BCUT2D eigenvalue weighted by molar-refractivity contribution is 5.74. The van der Waals surface area contributed by atoms with E-state index in [1.54, 1.807) is 0 Å². The molecule has 0 aliphatic heterocycles. The van der Waals surface area contributed by atoms with Crippen molar-refractivity contribution < 1.29 is 28.8 Å². The van der Waals surface area contributed by atoms with Crippen LogP contribution in [-0.4, -0.2) is 38.4 Å². The van der Waals surface area contributed by atoms with Gasteiger partial charge < -0.3 is 9.47 Å². The first kappa shape index (κ1) is 16.0. The van der Waals surface area contributed by atoms with Crippen molar-refractivity contribution in [2.75, 3.05) is 19.8 Å². The predicted octanol–water partition coefficient (Wildman–Crippen LogP) is 1.64. The predicted molar refractivity (Wildman–Crippen MR) is 72.9 cm³/mol. The van der Waals surface area contributed by atoms with Gasteiger partial charge in [0.15, 0.2) is 0 Å². The lowest BCUT2D eigenvalue weighted by Gasteiger charge is -2.27. The molecule has 0 amide bonds. The zero-order chi connectivity index (χ0) is 15.2. The van der Waals surface area contributed by atoms with Gasteiger partial charge in [-0.05, 0) is 38.0 Å². The summed E-state index contributed by atoms with van der Waals surface area (Å²) in [5, 5.41) is 0. The molecule has 2 aliphatic carbocycles. The van der Waals surface area contributed by atoms with Gasteiger partial charge in [-0.2, -0.15) is 0 Å². The standard InChI is InChI=1S/C15H22O6/c1-10(2)8-21-20-6-5-18-15(17)13-11-3-4-12(7-11)14(13)19-9-16/h9,11-14H,1,3-8H2,2H3. The van der Waals surface area contributed by atoms with Gasteiger partial charge in [0, 0.05) is 0 Å². The number of rotatable bonds is 9. The zero-order valence-corrected chi connectivity index (χ0v) is 12.3. The molecule has 0 radical (unpaired) electrons. The third kappa shape index (κ3) is 4.04. The van der Waals surface area contributed by atoms with E-state index in [1.807, 2.05) is 6.92 Å². The van der Waals surface area contributed by atoms with Crippen molar-refractivity contribution in [1.82, 2.24) is 0 Å². The first-order valence-electron chi connectivity index (χ1n) is 7.28. The molecule has 6 heteroatoms. The highest BCUT2D eigenvalue weighted by atomic mass is 17.2. The lowest BCUT2D eigenvalue weighted by Crippen LogP contribution is -2.37. The summed E-state index contributed by atoms with van der Waals surface area (Å²) >= 11 is 0. The first-order chi connectivity index (χ1) is 10.1. The van der Waals surface area contributed by atoms with Gasteiger partial charge in [0.2, 0.25) is 0 Å². The Morgan fingerprint density at radius 1 is 1.24 bits per heavy atom. The van der Waals surface area contributed by atoms with Crippen LogP contribution in [0.15, 0.2) is 12.2 Å². The van der Waals surface area contributed by atoms with E-state index in [4.69, 9.17) is 19.2 Å². The van der Waals surface area contributed by atoms with E-state index in [1.165, 1.54) is 0 Å². The molecule has 6 nitrogen and oxygen atoms in total. The fraction of sp³-hybridized carbons (Fsp3) is 0.733. The molecule has 2 saturated carbocycles. The molecular formula is C15H22O6. The molecule has 2 bridgehead atoms. The second-order valence-corrected chi connectivity index (χ2v) is 5.76. The molecule has 21 heavy (non-hydrogen) atoms. The summed E-state index contributed by atoms with van der Waals surface area (Å²) in [5.41, 5.74) is 0.850. The number of ether oxygens (including phenoxy) is 2. The lowest BCUT2D eigenvalue weighted by molar-refractivity contribution is -0.292. The van der Waals surface area contributed by atoms with E-state index in [-0.39, 0.29) is 37.1 Å². The van der Waals surface area contributed by atoms with Crippen molar-refractivity contribution in [3.63, 3.8) is 0 Å². The monoisotopic (exact) mass is 298 g/mol. The normalized spacial score (nSPS) is 30.1. The molecule has 0 aromatic carbocycles. The summed E-state index contributed by atoms with van der Waals surface area (Å²) in [4.78, 5) is 32.4. The van der Waals surface area contributed by atoms with Crippen LogP contribution in [0.1, 0.15) is 26.2 Å². The smallest absolute Gasteiger partial charge is 0.313 e. The average Bonchev–Trinajstić information content (AvgIpc) is 3.03. The first-order valence-corrected chi connectivity index (χ1v) is 7.28. The van der Waals surface area contributed by atoms with Gasteiger partial charge in [-0.15, -0.1) is 0 Å². The molecule has 2 fully saturated rings. The van der Waals surface area contributed by atoms with Crippen molar-refractivity contribution in [2.45, 2.75) is 32.3 Å². The van der Waals surface area contributed by atoms with Crippen LogP contribution in [0.5, 0.6) is 0 Å². The SMILES string of the molecule is C=C(C)COOCCOC(=O)C1C2CCC(C2)C1OC=O. The Labute approximate surface area is 124 Å². The topological polar surface area (TPSA) is 71.1 Å². The fourth-order valence-electron chi connectivity index (χ4n) is 3.30.